The Balaban J connectivity index is 2.60. The van der Waals surface area contributed by atoms with Gasteiger partial charge in [-0.2, -0.15) is 0 Å². The fourth-order valence-electron chi connectivity index (χ4n) is 0.169. The predicted octanol–water partition coefficient (Wildman–Crippen LogP) is 1.68. The minimum absolute atomic E-state index is 0.852. The number of hydrogen-bond acceptors (Lipinski definition) is 0. The smallest absolute Gasteiger partial charge is 0.0406 e. The summed E-state index contributed by atoms with van der Waals surface area (Å²) in [4.78, 5) is 0. The second-order valence-corrected chi connectivity index (χ2v) is 1.35. The van der Waals surface area contributed by atoms with Gasteiger partial charge in [0.15, 0.2) is 0 Å². The van der Waals surface area contributed by atoms with Gasteiger partial charge in [0.1, 0.15) is 0 Å². The summed E-state index contributed by atoms with van der Waals surface area (Å²) in [6, 6.07) is 0. The van der Waals surface area contributed by atoms with Crippen molar-refractivity contribution in [2.75, 3.05) is 0 Å². The molecule has 0 radical (unpaired) electrons. The highest BCUT2D eigenvalue weighted by Crippen LogP contribution is 2.10. The predicted molar refractivity (Wildman–Crippen MR) is 23.1 cm³/mol. The third-order valence-electron chi connectivity index (χ3n) is 0.511. The number of allylic oxidation sites excluding steroid dienone is 4. The normalized spacial score (nSPS) is 17.4. The van der Waals surface area contributed by atoms with Gasteiger partial charge in [-0.15, -0.1) is 0 Å². The van der Waals surface area contributed by atoms with Crippen LogP contribution in [0.1, 0.15) is 0 Å². The van der Waals surface area contributed by atoms with Gasteiger partial charge in [-0.3, -0.25) is 0 Å². The molecule has 5 heavy (non-hydrogen) atoms. The van der Waals surface area contributed by atoms with Gasteiger partial charge in [0.05, 0.1) is 0 Å². The Bertz CT molecular complexity index is 89.8. The van der Waals surface area contributed by atoms with Crippen molar-refractivity contribution in [3.8, 4) is 0 Å². The molecule has 0 spiro atoms. The van der Waals surface area contributed by atoms with E-state index in [-0.39, 0.29) is 0 Å². The molecule has 26 valence electrons. The van der Waals surface area contributed by atoms with Crippen molar-refractivity contribution < 1.29 is 0 Å². The summed E-state index contributed by atoms with van der Waals surface area (Å²) >= 11 is 5.32. The molecular weight excluding hydrogens is 83.5 g/mol. The average molecular weight is 86.5 g/mol. The SMILES string of the molecule is ClC1=CC=C1. The van der Waals surface area contributed by atoms with E-state index >= 15 is 0 Å². The van der Waals surface area contributed by atoms with Gasteiger partial charge in [-0.1, -0.05) is 17.7 Å². The Morgan fingerprint density at radius 2 is 2.00 bits per heavy atom. The maximum absolute atomic E-state index is 5.32. The van der Waals surface area contributed by atoms with E-state index in [1.54, 1.807) is 0 Å². The highest BCUT2D eigenvalue weighted by molar-refractivity contribution is 6.32. The van der Waals surface area contributed by atoms with Crippen LogP contribution in [0.5, 0.6) is 0 Å². The first-order valence-corrected chi connectivity index (χ1v) is 1.81. The molecule has 0 atom stereocenters. The first-order valence-electron chi connectivity index (χ1n) is 1.43. The highest BCUT2D eigenvalue weighted by atomic mass is 35.5. The molecule has 1 rings (SSSR count). The number of hydrogen-bond donors (Lipinski definition) is 0. The standard InChI is InChI=1S/C4H3Cl/c5-4-2-1-3-4/h1-3H. The van der Waals surface area contributed by atoms with Crippen molar-refractivity contribution in [3.63, 3.8) is 0 Å². The fraction of sp³-hybridized carbons (Fsp3) is 0. The molecule has 0 fully saturated rings. The summed E-state index contributed by atoms with van der Waals surface area (Å²) in [6.45, 7) is 0. The molecule has 0 aromatic rings. The molecular formula is C4H3Cl. The summed E-state index contributed by atoms with van der Waals surface area (Å²) in [6.07, 6.45) is 5.60. The van der Waals surface area contributed by atoms with E-state index in [2.05, 4.69) is 0 Å². The summed E-state index contributed by atoms with van der Waals surface area (Å²) < 4.78 is 0. The van der Waals surface area contributed by atoms with Gasteiger partial charge < -0.3 is 0 Å². The molecule has 0 heterocycles. The number of halogens is 1. The molecule has 0 aromatic heterocycles. The maximum Gasteiger partial charge on any atom is 0.0406 e. The van der Waals surface area contributed by atoms with E-state index in [0.29, 0.717) is 0 Å². The van der Waals surface area contributed by atoms with Crippen molar-refractivity contribution in [1.82, 2.24) is 0 Å². The third-order valence-corrected chi connectivity index (χ3v) is 0.763. The molecule has 0 bridgehead atoms. The maximum atomic E-state index is 5.32. The second-order valence-electron chi connectivity index (χ2n) is 0.911. The molecule has 0 aliphatic heterocycles. The number of rotatable bonds is 0. The van der Waals surface area contributed by atoms with Crippen LogP contribution in [0.15, 0.2) is 23.3 Å². The van der Waals surface area contributed by atoms with E-state index in [4.69, 9.17) is 11.6 Å². The molecule has 1 aliphatic rings. The zero-order valence-electron chi connectivity index (χ0n) is 2.61. The molecule has 0 amide bonds. The van der Waals surface area contributed by atoms with Gasteiger partial charge in [-0.25, -0.2) is 0 Å². The molecule has 0 aromatic carbocycles. The first-order chi connectivity index (χ1) is 2.39. The summed E-state index contributed by atoms with van der Waals surface area (Å²) in [5.41, 5.74) is 0. The van der Waals surface area contributed by atoms with E-state index in [1.807, 2.05) is 18.2 Å². The second kappa shape index (κ2) is 0.869. The van der Waals surface area contributed by atoms with E-state index in [9.17, 15) is 0 Å². The van der Waals surface area contributed by atoms with Crippen molar-refractivity contribution in [3.05, 3.63) is 23.3 Å². The molecule has 0 saturated carbocycles. The summed E-state index contributed by atoms with van der Waals surface area (Å²) in [5, 5.41) is 0.852. The van der Waals surface area contributed by atoms with Crippen LogP contribution >= 0.6 is 11.6 Å². The first kappa shape index (κ1) is 2.98. The van der Waals surface area contributed by atoms with Gasteiger partial charge in [-0.05, 0) is 12.2 Å². The zero-order valence-corrected chi connectivity index (χ0v) is 3.37. The molecule has 1 heteroatoms. The largest absolute Gasteiger partial charge is 0.0843 e. The monoisotopic (exact) mass is 86.0 g/mol. The molecule has 0 nitrogen and oxygen atoms in total. The Morgan fingerprint density at radius 3 is 2.00 bits per heavy atom. The topological polar surface area (TPSA) is 0 Å². The Hall–Kier alpha value is -0.230. The average Bonchev–Trinajstić information content (AvgIpc) is 1.30. The van der Waals surface area contributed by atoms with Gasteiger partial charge in [0, 0.05) is 5.03 Å². The van der Waals surface area contributed by atoms with Crippen molar-refractivity contribution in [2.45, 2.75) is 0 Å². The summed E-state index contributed by atoms with van der Waals surface area (Å²) in [7, 11) is 0. The van der Waals surface area contributed by atoms with Crippen LogP contribution in [0.2, 0.25) is 0 Å². The van der Waals surface area contributed by atoms with E-state index < -0.39 is 0 Å². The van der Waals surface area contributed by atoms with Crippen LogP contribution in [0, 0.1) is 0 Å². The molecule has 0 saturated heterocycles. The minimum Gasteiger partial charge on any atom is -0.0843 e. The van der Waals surface area contributed by atoms with Gasteiger partial charge in [0.2, 0.25) is 0 Å². The lowest BCUT2D eigenvalue weighted by Gasteiger charge is -1.89. The Labute approximate surface area is 35.8 Å². The highest BCUT2D eigenvalue weighted by Gasteiger charge is 1.85. The third kappa shape index (κ3) is 0.355. The van der Waals surface area contributed by atoms with Crippen LogP contribution in [-0.4, -0.2) is 0 Å². The summed E-state index contributed by atoms with van der Waals surface area (Å²) in [5.74, 6) is 0. The van der Waals surface area contributed by atoms with Gasteiger partial charge in [0.25, 0.3) is 0 Å². The van der Waals surface area contributed by atoms with Crippen molar-refractivity contribution >= 4 is 11.6 Å². The fourth-order valence-corrected chi connectivity index (χ4v) is 0.314. The molecule has 0 unspecified atom stereocenters. The van der Waals surface area contributed by atoms with E-state index in [1.165, 1.54) is 0 Å². The van der Waals surface area contributed by atoms with E-state index in [0.717, 1.165) is 5.03 Å². The van der Waals surface area contributed by atoms with Crippen molar-refractivity contribution in [2.24, 2.45) is 0 Å². The quantitative estimate of drug-likeness (QED) is 0.421. The van der Waals surface area contributed by atoms with Crippen LogP contribution in [-0.2, 0) is 0 Å². The Morgan fingerprint density at radius 1 is 1.60 bits per heavy atom. The lowest BCUT2D eigenvalue weighted by atomic mass is 10.3. The lowest BCUT2D eigenvalue weighted by molar-refractivity contribution is 1.74. The lowest BCUT2D eigenvalue weighted by Crippen LogP contribution is -1.67. The zero-order chi connectivity index (χ0) is 3.70. The van der Waals surface area contributed by atoms with Gasteiger partial charge >= 0.3 is 0 Å². The Kier molecular flexibility index (Phi) is 0.518. The van der Waals surface area contributed by atoms with Crippen LogP contribution in [0.25, 0.3) is 0 Å². The van der Waals surface area contributed by atoms with Crippen LogP contribution < -0.4 is 0 Å². The molecule has 0 N–H and O–H groups in total. The van der Waals surface area contributed by atoms with Crippen LogP contribution in [0.3, 0.4) is 0 Å². The molecule has 1 aliphatic carbocycles. The van der Waals surface area contributed by atoms with Crippen molar-refractivity contribution in [1.29, 1.82) is 0 Å². The van der Waals surface area contributed by atoms with Crippen LogP contribution in [0.4, 0.5) is 0 Å². The minimum atomic E-state index is 0.852.